The molecule has 1 heterocycles. The highest BCUT2D eigenvalue weighted by molar-refractivity contribution is 7.99. The molecule has 0 aliphatic rings. The Balaban J connectivity index is 2.15. The predicted octanol–water partition coefficient (Wildman–Crippen LogP) is 3.59. The van der Waals surface area contributed by atoms with Gasteiger partial charge in [0.25, 0.3) is 5.22 Å². The van der Waals surface area contributed by atoms with Crippen molar-refractivity contribution in [1.82, 2.24) is 15.1 Å². The molecule has 0 amide bonds. The first-order chi connectivity index (χ1) is 12.7. The van der Waals surface area contributed by atoms with Crippen LogP contribution in [0.25, 0.3) is 11.5 Å². The lowest BCUT2D eigenvalue weighted by Gasteiger charge is -2.16. The second kappa shape index (κ2) is 10.3. The maximum Gasteiger partial charge on any atom is 0.276 e. The molecule has 0 bridgehead atoms. The van der Waals surface area contributed by atoms with Crippen molar-refractivity contribution in [2.75, 3.05) is 46.2 Å². The Morgan fingerprint density at radius 2 is 1.69 bits per heavy atom. The maximum atomic E-state index is 5.79. The molecule has 144 valence electrons. The van der Waals surface area contributed by atoms with Gasteiger partial charge >= 0.3 is 0 Å². The van der Waals surface area contributed by atoms with E-state index in [4.69, 9.17) is 18.6 Å². The number of nitrogens with zero attached hydrogens (tertiary/aromatic N) is 3. The number of benzene rings is 1. The Hall–Kier alpha value is -1.93. The molecule has 8 heteroatoms. The molecule has 0 N–H and O–H groups in total. The van der Waals surface area contributed by atoms with Crippen molar-refractivity contribution in [1.29, 1.82) is 0 Å². The maximum absolute atomic E-state index is 5.79. The summed E-state index contributed by atoms with van der Waals surface area (Å²) in [5.41, 5.74) is 0.727. The minimum Gasteiger partial charge on any atom is -0.493 e. The quantitative estimate of drug-likeness (QED) is 0.547. The summed E-state index contributed by atoms with van der Waals surface area (Å²) < 4.78 is 22.2. The van der Waals surface area contributed by atoms with Crippen LogP contribution in [0.1, 0.15) is 20.8 Å². The molecular formula is C18H27N3O4S. The lowest BCUT2D eigenvalue weighted by atomic mass is 10.2. The zero-order valence-electron chi connectivity index (χ0n) is 16.1. The van der Waals surface area contributed by atoms with Crippen LogP contribution in [0.15, 0.2) is 21.8 Å². The fourth-order valence-electron chi connectivity index (χ4n) is 2.48. The molecule has 0 fully saturated rings. The zero-order valence-corrected chi connectivity index (χ0v) is 16.9. The molecule has 2 aromatic rings. The Kier molecular flexibility index (Phi) is 8.06. The van der Waals surface area contributed by atoms with E-state index in [1.54, 1.807) is 26.0 Å². The van der Waals surface area contributed by atoms with Crippen molar-refractivity contribution in [2.45, 2.75) is 26.0 Å². The first-order valence-electron chi connectivity index (χ1n) is 8.74. The summed E-state index contributed by atoms with van der Waals surface area (Å²) in [4.78, 5) is 2.35. The minimum absolute atomic E-state index is 0.426. The van der Waals surface area contributed by atoms with Gasteiger partial charge in [-0.15, -0.1) is 10.2 Å². The molecule has 0 aliphatic heterocycles. The van der Waals surface area contributed by atoms with Gasteiger partial charge in [-0.2, -0.15) is 0 Å². The zero-order chi connectivity index (χ0) is 18.9. The van der Waals surface area contributed by atoms with E-state index in [1.807, 2.05) is 19.1 Å². The Morgan fingerprint density at radius 1 is 1.04 bits per heavy atom. The van der Waals surface area contributed by atoms with Gasteiger partial charge in [-0.05, 0) is 32.1 Å². The first-order valence-corrected chi connectivity index (χ1v) is 9.73. The van der Waals surface area contributed by atoms with Gasteiger partial charge in [0.1, 0.15) is 0 Å². The molecule has 2 rings (SSSR count). The van der Waals surface area contributed by atoms with E-state index in [2.05, 4.69) is 28.9 Å². The van der Waals surface area contributed by atoms with E-state index in [1.165, 1.54) is 0 Å². The number of rotatable bonds is 11. The summed E-state index contributed by atoms with van der Waals surface area (Å²) in [6.07, 6.45) is 0. The molecule has 1 aromatic heterocycles. The topological polar surface area (TPSA) is 69.9 Å². The van der Waals surface area contributed by atoms with E-state index in [0.717, 1.165) is 31.0 Å². The SMILES string of the molecule is CCOc1c(OC)cc(-c2nnc(SCCN(CC)CC)o2)cc1OC. The number of methoxy groups -OCH3 is 2. The number of hydrogen-bond acceptors (Lipinski definition) is 8. The normalized spacial score (nSPS) is 11.0. The van der Waals surface area contributed by atoms with E-state index < -0.39 is 0 Å². The molecule has 0 saturated heterocycles. The lowest BCUT2D eigenvalue weighted by Crippen LogP contribution is -2.25. The third-order valence-electron chi connectivity index (χ3n) is 3.93. The van der Waals surface area contributed by atoms with Crippen molar-refractivity contribution in [3.05, 3.63) is 12.1 Å². The molecule has 0 radical (unpaired) electrons. The number of aromatic nitrogens is 2. The van der Waals surface area contributed by atoms with E-state index >= 15 is 0 Å². The van der Waals surface area contributed by atoms with E-state index in [-0.39, 0.29) is 0 Å². The van der Waals surface area contributed by atoms with E-state index in [0.29, 0.717) is 35.0 Å². The summed E-state index contributed by atoms with van der Waals surface area (Å²) in [5.74, 6) is 3.02. The van der Waals surface area contributed by atoms with Gasteiger partial charge in [-0.1, -0.05) is 25.6 Å². The van der Waals surface area contributed by atoms with Gasteiger partial charge in [0.15, 0.2) is 11.5 Å². The van der Waals surface area contributed by atoms with Gasteiger partial charge in [-0.3, -0.25) is 0 Å². The largest absolute Gasteiger partial charge is 0.493 e. The summed E-state index contributed by atoms with van der Waals surface area (Å²) in [6, 6.07) is 3.62. The molecule has 0 spiro atoms. The fraction of sp³-hybridized carbons (Fsp3) is 0.556. The average Bonchev–Trinajstić information content (AvgIpc) is 3.14. The van der Waals surface area contributed by atoms with Gasteiger partial charge in [0.05, 0.1) is 20.8 Å². The summed E-state index contributed by atoms with van der Waals surface area (Å²) in [7, 11) is 3.17. The highest BCUT2D eigenvalue weighted by Crippen LogP contribution is 2.41. The second-order valence-corrected chi connectivity index (χ2v) is 6.44. The molecule has 0 unspecified atom stereocenters. The first kappa shape index (κ1) is 20.4. The van der Waals surface area contributed by atoms with Crippen LogP contribution in [0.2, 0.25) is 0 Å². The second-order valence-electron chi connectivity index (χ2n) is 5.39. The Bertz CT molecular complexity index is 664. The summed E-state index contributed by atoms with van der Waals surface area (Å²) in [6.45, 7) is 9.81. The third-order valence-corrected chi connectivity index (χ3v) is 4.73. The monoisotopic (exact) mass is 381 g/mol. The Morgan fingerprint density at radius 3 is 2.23 bits per heavy atom. The van der Waals surface area contributed by atoms with Crippen LogP contribution in [0.4, 0.5) is 0 Å². The molecule has 0 atom stereocenters. The number of thioether (sulfide) groups is 1. The van der Waals surface area contributed by atoms with Crippen LogP contribution < -0.4 is 14.2 Å². The molecule has 26 heavy (non-hydrogen) atoms. The molecular weight excluding hydrogens is 354 g/mol. The van der Waals surface area contributed by atoms with Crippen molar-refractivity contribution in [2.24, 2.45) is 0 Å². The third kappa shape index (κ3) is 5.04. The van der Waals surface area contributed by atoms with Crippen molar-refractivity contribution < 1.29 is 18.6 Å². The van der Waals surface area contributed by atoms with Crippen molar-refractivity contribution in [3.8, 4) is 28.7 Å². The van der Waals surface area contributed by atoms with Gasteiger partial charge in [0, 0.05) is 17.9 Å². The highest BCUT2D eigenvalue weighted by Gasteiger charge is 2.18. The lowest BCUT2D eigenvalue weighted by molar-refractivity contribution is 0.288. The van der Waals surface area contributed by atoms with Crippen LogP contribution >= 0.6 is 11.8 Å². The smallest absolute Gasteiger partial charge is 0.276 e. The Labute approximate surface area is 159 Å². The van der Waals surface area contributed by atoms with Gasteiger partial charge in [0.2, 0.25) is 11.6 Å². The van der Waals surface area contributed by atoms with Crippen LogP contribution in [0.5, 0.6) is 17.2 Å². The molecule has 7 nitrogen and oxygen atoms in total. The van der Waals surface area contributed by atoms with Gasteiger partial charge in [-0.25, -0.2) is 0 Å². The highest BCUT2D eigenvalue weighted by atomic mass is 32.2. The fourth-order valence-corrected chi connectivity index (χ4v) is 3.24. The number of hydrogen-bond donors (Lipinski definition) is 0. The van der Waals surface area contributed by atoms with Crippen LogP contribution in [-0.2, 0) is 0 Å². The minimum atomic E-state index is 0.426. The summed E-state index contributed by atoms with van der Waals surface area (Å²) >= 11 is 1.56. The van der Waals surface area contributed by atoms with E-state index in [9.17, 15) is 0 Å². The van der Waals surface area contributed by atoms with Crippen LogP contribution in [0.3, 0.4) is 0 Å². The van der Waals surface area contributed by atoms with Crippen molar-refractivity contribution in [3.63, 3.8) is 0 Å². The predicted molar refractivity (Wildman–Crippen MR) is 103 cm³/mol. The molecule has 1 aromatic carbocycles. The molecule has 0 aliphatic carbocycles. The number of ether oxygens (including phenoxy) is 3. The van der Waals surface area contributed by atoms with Crippen LogP contribution in [0, 0.1) is 0 Å². The van der Waals surface area contributed by atoms with Crippen LogP contribution in [-0.4, -0.2) is 61.3 Å². The van der Waals surface area contributed by atoms with Gasteiger partial charge < -0.3 is 23.5 Å². The van der Waals surface area contributed by atoms with Crippen molar-refractivity contribution >= 4 is 11.8 Å². The summed E-state index contributed by atoms with van der Waals surface area (Å²) in [5, 5.41) is 8.83. The molecule has 0 saturated carbocycles. The standard InChI is InChI=1S/C18H27N3O4S/c1-6-21(7-2)9-10-26-18-20-19-17(25-18)13-11-14(22-4)16(24-8-3)15(12-13)23-5/h11-12H,6-10H2,1-5H3. The average molecular weight is 381 g/mol.